The number of nitrogens with one attached hydrogen (secondary N) is 2. The first kappa shape index (κ1) is 24.9. The minimum absolute atomic E-state index is 0.0929. The SMILES string of the molecule is Cc1oc(-c2ccc(Cl)cc2)cc1C(Nc1ccc(C(=O)NCCC(=O)O)cc1)C1CCCCC1. The Morgan fingerprint density at radius 3 is 2.40 bits per heavy atom. The molecule has 1 saturated carbocycles. The number of aliphatic carboxylic acids is 1. The fourth-order valence-electron chi connectivity index (χ4n) is 4.76. The Kier molecular flexibility index (Phi) is 8.13. The van der Waals surface area contributed by atoms with Crippen molar-refractivity contribution in [2.45, 2.75) is 51.5 Å². The third-order valence-electron chi connectivity index (χ3n) is 6.63. The second-order valence-electron chi connectivity index (χ2n) is 9.13. The van der Waals surface area contributed by atoms with E-state index in [1.54, 1.807) is 12.1 Å². The van der Waals surface area contributed by atoms with Crippen molar-refractivity contribution in [1.82, 2.24) is 5.32 Å². The molecular weight excluding hydrogens is 464 g/mol. The number of carboxylic acids is 1. The van der Waals surface area contributed by atoms with Gasteiger partial charge in [0, 0.05) is 33.9 Å². The van der Waals surface area contributed by atoms with Crippen molar-refractivity contribution in [1.29, 1.82) is 0 Å². The van der Waals surface area contributed by atoms with E-state index in [1.807, 2.05) is 43.3 Å². The molecule has 1 heterocycles. The zero-order valence-corrected chi connectivity index (χ0v) is 20.6. The van der Waals surface area contributed by atoms with Gasteiger partial charge in [0.2, 0.25) is 0 Å². The Hall–Kier alpha value is -3.25. The lowest BCUT2D eigenvalue weighted by atomic mass is 9.81. The monoisotopic (exact) mass is 494 g/mol. The summed E-state index contributed by atoms with van der Waals surface area (Å²) in [5, 5.41) is 15.8. The van der Waals surface area contributed by atoms with Gasteiger partial charge in [-0.2, -0.15) is 0 Å². The standard InChI is InChI=1S/C28H31ClN2O4/c1-18-24(17-25(35-18)19-7-11-22(29)12-8-19)27(20-5-3-2-4-6-20)31-23-13-9-21(10-14-23)28(34)30-16-15-26(32)33/h7-14,17,20,27,31H,2-6,15-16H2,1H3,(H,30,34)(H,32,33). The summed E-state index contributed by atoms with van der Waals surface area (Å²) in [5.41, 5.74) is 3.57. The summed E-state index contributed by atoms with van der Waals surface area (Å²) in [5.74, 6) is 0.988. The topological polar surface area (TPSA) is 91.6 Å². The summed E-state index contributed by atoms with van der Waals surface area (Å²) < 4.78 is 6.18. The van der Waals surface area contributed by atoms with Gasteiger partial charge >= 0.3 is 5.97 Å². The summed E-state index contributed by atoms with van der Waals surface area (Å²) in [6.45, 7) is 2.12. The second-order valence-corrected chi connectivity index (χ2v) is 9.56. The Morgan fingerprint density at radius 2 is 1.74 bits per heavy atom. The minimum Gasteiger partial charge on any atom is -0.481 e. The third kappa shape index (κ3) is 6.45. The van der Waals surface area contributed by atoms with Crippen LogP contribution in [0.5, 0.6) is 0 Å². The van der Waals surface area contributed by atoms with Gasteiger partial charge in [0.25, 0.3) is 5.91 Å². The molecule has 0 spiro atoms. The first-order valence-electron chi connectivity index (χ1n) is 12.1. The Morgan fingerprint density at radius 1 is 1.06 bits per heavy atom. The van der Waals surface area contributed by atoms with Crippen LogP contribution in [0.3, 0.4) is 0 Å². The molecule has 6 nitrogen and oxygen atoms in total. The number of halogens is 1. The first-order chi connectivity index (χ1) is 16.9. The molecule has 1 aliphatic rings. The van der Waals surface area contributed by atoms with E-state index >= 15 is 0 Å². The molecule has 1 amide bonds. The third-order valence-corrected chi connectivity index (χ3v) is 6.89. The van der Waals surface area contributed by atoms with Crippen LogP contribution in [0.4, 0.5) is 5.69 Å². The number of benzene rings is 2. The first-order valence-corrected chi connectivity index (χ1v) is 12.5. The number of furan rings is 1. The molecular formula is C28H31ClN2O4. The molecule has 1 aliphatic carbocycles. The van der Waals surface area contributed by atoms with Crippen LogP contribution < -0.4 is 10.6 Å². The van der Waals surface area contributed by atoms with Crippen LogP contribution in [0, 0.1) is 12.8 Å². The number of anilines is 1. The summed E-state index contributed by atoms with van der Waals surface area (Å²) in [4.78, 5) is 22.9. The van der Waals surface area contributed by atoms with Crippen LogP contribution in [-0.4, -0.2) is 23.5 Å². The molecule has 3 aromatic rings. The van der Waals surface area contributed by atoms with Crippen molar-refractivity contribution in [2.75, 3.05) is 11.9 Å². The van der Waals surface area contributed by atoms with E-state index in [0.717, 1.165) is 41.2 Å². The molecule has 1 fully saturated rings. The fraction of sp³-hybridized carbons (Fsp3) is 0.357. The van der Waals surface area contributed by atoms with Crippen LogP contribution in [0.2, 0.25) is 5.02 Å². The van der Waals surface area contributed by atoms with Crippen molar-refractivity contribution < 1.29 is 19.1 Å². The number of carbonyl (C=O) groups is 2. The van der Waals surface area contributed by atoms with E-state index < -0.39 is 5.97 Å². The van der Waals surface area contributed by atoms with Crippen LogP contribution in [0.25, 0.3) is 11.3 Å². The van der Waals surface area contributed by atoms with E-state index in [0.29, 0.717) is 16.5 Å². The highest BCUT2D eigenvalue weighted by atomic mass is 35.5. The van der Waals surface area contributed by atoms with Gasteiger partial charge in [-0.1, -0.05) is 30.9 Å². The van der Waals surface area contributed by atoms with Crippen molar-refractivity contribution in [2.24, 2.45) is 5.92 Å². The molecule has 0 aliphatic heterocycles. The van der Waals surface area contributed by atoms with Gasteiger partial charge in [0.1, 0.15) is 11.5 Å². The van der Waals surface area contributed by atoms with E-state index in [-0.39, 0.29) is 24.9 Å². The predicted octanol–water partition coefficient (Wildman–Crippen LogP) is 6.85. The normalized spacial score (nSPS) is 14.9. The molecule has 1 atom stereocenters. The number of aryl methyl sites for hydroxylation is 1. The Bertz CT molecular complexity index is 1150. The number of carboxylic acid groups (broad SMARTS) is 1. The molecule has 35 heavy (non-hydrogen) atoms. The zero-order chi connectivity index (χ0) is 24.8. The highest BCUT2D eigenvalue weighted by molar-refractivity contribution is 6.30. The number of rotatable bonds is 9. The maximum absolute atomic E-state index is 12.3. The number of hydrogen-bond donors (Lipinski definition) is 3. The Balaban J connectivity index is 1.54. The largest absolute Gasteiger partial charge is 0.481 e. The lowest BCUT2D eigenvalue weighted by Gasteiger charge is -2.31. The highest BCUT2D eigenvalue weighted by Gasteiger charge is 2.28. The van der Waals surface area contributed by atoms with Crippen molar-refractivity contribution in [3.05, 3.63) is 76.5 Å². The minimum atomic E-state index is -0.938. The predicted molar refractivity (Wildman–Crippen MR) is 138 cm³/mol. The second kappa shape index (κ2) is 11.5. The quantitative estimate of drug-likeness (QED) is 0.302. The molecule has 0 radical (unpaired) electrons. The van der Waals surface area contributed by atoms with Gasteiger partial charge in [-0.25, -0.2) is 0 Å². The lowest BCUT2D eigenvalue weighted by Crippen LogP contribution is -2.26. The summed E-state index contributed by atoms with van der Waals surface area (Å²) >= 11 is 6.06. The summed E-state index contributed by atoms with van der Waals surface area (Å²) in [7, 11) is 0. The number of amides is 1. The molecule has 1 unspecified atom stereocenters. The maximum atomic E-state index is 12.3. The molecule has 4 rings (SSSR count). The van der Waals surface area contributed by atoms with Gasteiger partial charge in [-0.05, 0) is 80.3 Å². The maximum Gasteiger partial charge on any atom is 0.305 e. The zero-order valence-electron chi connectivity index (χ0n) is 19.9. The molecule has 3 N–H and O–H groups in total. The van der Waals surface area contributed by atoms with E-state index in [9.17, 15) is 9.59 Å². The number of carbonyl (C=O) groups excluding carboxylic acids is 1. The van der Waals surface area contributed by atoms with Gasteiger partial charge < -0.3 is 20.2 Å². The van der Waals surface area contributed by atoms with E-state index in [2.05, 4.69) is 16.7 Å². The molecule has 1 aromatic heterocycles. The van der Waals surface area contributed by atoms with Crippen LogP contribution in [0.1, 0.15) is 66.2 Å². The van der Waals surface area contributed by atoms with E-state index in [1.165, 1.54) is 19.3 Å². The van der Waals surface area contributed by atoms with Crippen LogP contribution >= 0.6 is 11.6 Å². The molecule has 184 valence electrons. The molecule has 0 bridgehead atoms. The van der Waals surface area contributed by atoms with E-state index in [4.69, 9.17) is 21.1 Å². The van der Waals surface area contributed by atoms with Crippen LogP contribution in [0.15, 0.2) is 59.0 Å². The van der Waals surface area contributed by atoms with Gasteiger partial charge in [0.15, 0.2) is 0 Å². The fourth-order valence-corrected chi connectivity index (χ4v) is 4.89. The van der Waals surface area contributed by atoms with Gasteiger partial charge in [-0.3, -0.25) is 9.59 Å². The highest BCUT2D eigenvalue weighted by Crippen LogP contribution is 2.40. The average Bonchev–Trinajstić information content (AvgIpc) is 3.24. The smallest absolute Gasteiger partial charge is 0.305 e. The summed E-state index contributed by atoms with van der Waals surface area (Å²) in [6, 6.07) is 17.2. The van der Waals surface area contributed by atoms with Gasteiger partial charge in [-0.15, -0.1) is 0 Å². The summed E-state index contributed by atoms with van der Waals surface area (Å²) in [6.07, 6.45) is 5.93. The van der Waals surface area contributed by atoms with Crippen LogP contribution in [-0.2, 0) is 4.79 Å². The van der Waals surface area contributed by atoms with Gasteiger partial charge in [0.05, 0.1) is 12.5 Å². The molecule has 2 aromatic carbocycles. The lowest BCUT2D eigenvalue weighted by molar-refractivity contribution is -0.136. The van der Waals surface area contributed by atoms with Crippen molar-refractivity contribution in [3.63, 3.8) is 0 Å². The Labute approximate surface area is 210 Å². The average molecular weight is 495 g/mol. The van der Waals surface area contributed by atoms with Crippen molar-refractivity contribution in [3.8, 4) is 11.3 Å². The molecule has 7 heteroatoms. The molecule has 0 saturated heterocycles. The number of hydrogen-bond acceptors (Lipinski definition) is 4. The van der Waals surface area contributed by atoms with Crippen molar-refractivity contribution >= 4 is 29.2 Å².